The minimum Gasteiger partial charge on any atom is -0.462 e. The van der Waals surface area contributed by atoms with Crippen molar-refractivity contribution in [2.75, 3.05) is 19.8 Å². The molecule has 0 aliphatic carbocycles. The smallest absolute Gasteiger partial charge is 0.306 e. The van der Waals surface area contributed by atoms with Crippen molar-refractivity contribution < 1.29 is 23.8 Å². The second kappa shape index (κ2) is 43.0. The van der Waals surface area contributed by atoms with Crippen LogP contribution in [0.5, 0.6) is 0 Å². The van der Waals surface area contributed by atoms with Crippen LogP contribution in [0.4, 0.5) is 0 Å². The van der Waals surface area contributed by atoms with Crippen molar-refractivity contribution >= 4 is 11.9 Å². The first-order valence-electron chi connectivity index (χ1n) is 21.8. The molecule has 0 aliphatic heterocycles. The van der Waals surface area contributed by atoms with Gasteiger partial charge in [-0.25, -0.2) is 0 Å². The van der Waals surface area contributed by atoms with Gasteiger partial charge in [0, 0.05) is 19.4 Å². The number of allylic oxidation sites excluding steroid dienone is 10. The number of unbranched alkanes of at least 4 members (excludes halogenated alkanes) is 18. The monoisotopic (exact) mass is 727 g/mol. The molecule has 0 radical (unpaired) electrons. The predicted molar refractivity (Wildman–Crippen MR) is 224 cm³/mol. The van der Waals surface area contributed by atoms with E-state index in [9.17, 15) is 9.59 Å². The molecule has 0 saturated carbocycles. The van der Waals surface area contributed by atoms with E-state index in [0.29, 0.717) is 19.4 Å². The van der Waals surface area contributed by atoms with Crippen molar-refractivity contribution in [3.8, 4) is 0 Å². The molecule has 1 atom stereocenters. The van der Waals surface area contributed by atoms with Gasteiger partial charge >= 0.3 is 11.9 Å². The summed E-state index contributed by atoms with van der Waals surface area (Å²) in [5.41, 5.74) is 0. The van der Waals surface area contributed by atoms with Gasteiger partial charge in [0.1, 0.15) is 6.61 Å². The fraction of sp³-hybridized carbons (Fsp3) is 0.745. The maximum Gasteiger partial charge on any atom is 0.306 e. The lowest BCUT2D eigenvalue weighted by atomic mass is 10.1. The Morgan fingerprint density at radius 2 is 0.865 bits per heavy atom. The normalized spacial score (nSPS) is 12.8. The van der Waals surface area contributed by atoms with E-state index in [4.69, 9.17) is 14.2 Å². The molecular formula is C47H82O5. The third-order valence-electron chi connectivity index (χ3n) is 9.07. The van der Waals surface area contributed by atoms with Crippen LogP contribution < -0.4 is 0 Å². The Balaban J connectivity index is 4.24. The molecule has 5 nitrogen and oxygen atoms in total. The van der Waals surface area contributed by atoms with E-state index >= 15 is 0 Å². The molecule has 0 saturated heterocycles. The summed E-state index contributed by atoms with van der Waals surface area (Å²) < 4.78 is 17.2. The summed E-state index contributed by atoms with van der Waals surface area (Å²) in [6, 6.07) is 0. The van der Waals surface area contributed by atoms with E-state index in [-0.39, 0.29) is 25.2 Å². The van der Waals surface area contributed by atoms with Gasteiger partial charge in [-0.1, -0.05) is 184 Å². The van der Waals surface area contributed by atoms with E-state index in [1.165, 1.54) is 83.5 Å². The number of carbonyl (C=O) groups is 2. The molecule has 0 aromatic heterocycles. The number of ether oxygens (including phenoxy) is 3. The highest BCUT2D eigenvalue weighted by Gasteiger charge is 2.17. The van der Waals surface area contributed by atoms with Crippen molar-refractivity contribution in [2.45, 2.75) is 207 Å². The van der Waals surface area contributed by atoms with E-state index in [0.717, 1.165) is 83.5 Å². The number of esters is 2. The molecular weight excluding hydrogens is 645 g/mol. The zero-order valence-electron chi connectivity index (χ0n) is 34.3. The van der Waals surface area contributed by atoms with Gasteiger partial charge in [-0.05, 0) is 64.2 Å². The van der Waals surface area contributed by atoms with Gasteiger partial charge in [0.05, 0.1) is 6.61 Å². The van der Waals surface area contributed by atoms with Gasteiger partial charge in [0.25, 0.3) is 0 Å². The van der Waals surface area contributed by atoms with Gasteiger partial charge in [-0.15, -0.1) is 0 Å². The topological polar surface area (TPSA) is 61.8 Å². The third-order valence-corrected chi connectivity index (χ3v) is 9.07. The van der Waals surface area contributed by atoms with Gasteiger partial charge in [-0.2, -0.15) is 0 Å². The van der Waals surface area contributed by atoms with Crippen molar-refractivity contribution in [3.63, 3.8) is 0 Å². The van der Waals surface area contributed by atoms with E-state index in [2.05, 4.69) is 81.5 Å². The molecule has 0 bridgehead atoms. The first-order valence-corrected chi connectivity index (χ1v) is 21.8. The van der Waals surface area contributed by atoms with Crippen molar-refractivity contribution in [1.29, 1.82) is 0 Å². The van der Waals surface area contributed by atoms with Gasteiger partial charge in [0.15, 0.2) is 6.10 Å². The Morgan fingerprint density at radius 1 is 0.442 bits per heavy atom. The molecule has 52 heavy (non-hydrogen) atoms. The van der Waals surface area contributed by atoms with Crippen LogP contribution in [0, 0.1) is 0 Å². The lowest BCUT2D eigenvalue weighted by Crippen LogP contribution is -2.30. The molecule has 0 aliphatic rings. The van der Waals surface area contributed by atoms with Crippen LogP contribution in [0.25, 0.3) is 0 Å². The Kier molecular flexibility index (Phi) is 41.0. The van der Waals surface area contributed by atoms with Crippen LogP contribution in [0.3, 0.4) is 0 Å². The van der Waals surface area contributed by atoms with Crippen LogP contribution in [0.1, 0.15) is 201 Å². The van der Waals surface area contributed by atoms with Gasteiger partial charge in [-0.3, -0.25) is 9.59 Å². The summed E-state index contributed by atoms with van der Waals surface area (Å²) >= 11 is 0. The van der Waals surface area contributed by atoms with Crippen LogP contribution in [-0.4, -0.2) is 37.9 Å². The lowest BCUT2D eigenvalue weighted by Gasteiger charge is -2.18. The number of rotatable bonds is 39. The summed E-state index contributed by atoms with van der Waals surface area (Å²) in [5.74, 6) is -0.428. The Bertz CT molecular complexity index is 915. The van der Waals surface area contributed by atoms with Crippen LogP contribution in [0.2, 0.25) is 0 Å². The maximum absolute atomic E-state index is 12.6. The molecule has 0 rings (SSSR count). The Labute approximate surface area is 322 Å². The molecule has 1 unspecified atom stereocenters. The molecule has 0 fully saturated rings. The molecule has 300 valence electrons. The quantitative estimate of drug-likeness (QED) is 0.0358. The molecule has 0 spiro atoms. The SMILES string of the molecule is CC/C=C\C/C=C\C/C=C\C/C=C\C/C=C\CCCCOCC(COC(=O)CCCCCCCCCCCCC)OC(=O)CCCCCCCCC. The average molecular weight is 727 g/mol. The van der Waals surface area contributed by atoms with Crippen molar-refractivity contribution in [1.82, 2.24) is 0 Å². The van der Waals surface area contributed by atoms with E-state index in [1.54, 1.807) is 0 Å². The molecule has 0 aromatic carbocycles. The largest absolute Gasteiger partial charge is 0.462 e. The zero-order valence-corrected chi connectivity index (χ0v) is 34.3. The second-order valence-electron chi connectivity index (χ2n) is 14.2. The summed E-state index contributed by atoms with van der Waals surface area (Å²) in [6.07, 6.45) is 52.3. The standard InChI is InChI=1S/C47H82O5/c1-4-7-10-13-16-18-20-21-22-23-24-25-26-28-30-33-36-39-42-50-43-45(52-47(49)41-38-35-31-15-12-9-6-3)44-51-46(48)40-37-34-32-29-27-19-17-14-11-8-5-2/h7,10,16,18,21-22,24-25,28,30,45H,4-6,8-9,11-15,17,19-20,23,26-27,29,31-44H2,1-3H3/b10-7-,18-16-,22-21-,25-24-,30-28-. The highest BCUT2D eigenvalue weighted by atomic mass is 16.6. The molecule has 0 aromatic rings. The zero-order chi connectivity index (χ0) is 37.8. The summed E-state index contributed by atoms with van der Waals surface area (Å²) in [7, 11) is 0. The molecule has 0 heterocycles. The summed E-state index contributed by atoms with van der Waals surface area (Å²) in [6.45, 7) is 7.57. The second-order valence-corrected chi connectivity index (χ2v) is 14.2. The van der Waals surface area contributed by atoms with Crippen LogP contribution >= 0.6 is 0 Å². The lowest BCUT2D eigenvalue weighted by molar-refractivity contribution is -0.163. The third kappa shape index (κ3) is 40.4. The minimum atomic E-state index is -0.552. The fourth-order valence-corrected chi connectivity index (χ4v) is 5.83. The van der Waals surface area contributed by atoms with Gasteiger partial charge < -0.3 is 14.2 Å². The molecule has 5 heteroatoms. The van der Waals surface area contributed by atoms with E-state index in [1.807, 2.05) is 0 Å². The van der Waals surface area contributed by atoms with Gasteiger partial charge in [0.2, 0.25) is 0 Å². The van der Waals surface area contributed by atoms with Crippen molar-refractivity contribution in [3.05, 3.63) is 60.8 Å². The summed E-state index contributed by atoms with van der Waals surface area (Å²) in [5, 5.41) is 0. The first-order chi connectivity index (χ1) is 25.6. The fourth-order valence-electron chi connectivity index (χ4n) is 5.83. The molecule has 0 N–H and O–H groups in total. The number of hydrogen-bond acceptors (Lipinski definition) is 5. The Hall–Kier alpha value is -2.40. The number of hydrogen-bond donors (Lipinski definition) is 0. The van der Waals surface area contributed by atoms with Crippen LogP contribution in [-0.2, 0) is 23.8 Å². The minimum absolute atomic E-state index is 0.0691. The van der Waals surface area contributed by atoms with E-state index < -0.39 is 6.10 Å². The first kappa shape index (κ1) is 49.6. The predicted octanol–water partition coefficient (Wildman–Crippen LogP) is 14.2. The van der Waals surface area contributed by atoms with Crippen molar-refractivity contribution in [2.24, 2.45) is 0 Å². The summed E-state index contributed by atoms with van der Waals surface area (Å²) in [4.78, 5) is 25.0. The maximum atomic E-state index is 12.6. The van der Waals surface area contributed by atoms with Crippen LogP contribution in [0.15, 0.2) is 60.8 Å². The Morgan fingerprint density at radius 3 is 1.35 bits per heavy atom. The molecule has 0 amide bonds. The average Bonchev–Trinajstić information content (AvgIpc) is 3.14. The highest BCUT2D eigenvalue weighted by Crippen LogP contribution is 2.13. The number of carbonyl (C=O) groups excluding carboxylic acids is 2. The highest BCUT2D eigenvalue weighted by molar-refractivity contribution is 5.70.